The standard InChI is InChI=1S/C16H35IS/c1-4-7-8-9-10-11-12-13-14-15-16-18(17,5-2)6-3/h4-16H2,1-3H3. The van der Waals surface area contributed by atoms with E-state index in [1.54, 1.807) is 0 Å². The molecule has 0 aliphatic rings. The van der Waals surface area contributed by atoms with E-state index >= 15 is 0 Å². The molecule has 0 rings (SSSR count). The van der Waals surface area contributed by atoms with Gasteiger partial charge in [0.1, 0.15) is 0 Å². The molecule has 0 aromatic heterocycles. The smallest absolute Gasteiger partial charge is 0.0144 e. The van der Waals surface area contributed by atoms with Crippen molar-refractivity contribution in [2.45, 2.75) is 85.0 Å². The van der Waals surface area contributed by atoms with E-state index in [0.717, 1.165) is 0 Å². The van der Waals surface area contributed by atoms with E-state index in [9.17, 15) is 0 Å². The molecule has 18 heavy (non-hydrogen) atoms. The first-order valence-corrected chi connectivity index (χ1v) is 12.8. The van der Waals surface area contributed by atoms with Gasteiger partial charge in [-0.2, -0.15) is 7.20 Å². The zero-order valence-electron chi connectivity index (χ0n) is 13.0. The highest BCUT2D eigenvalue weighted by Gasteiger charge is 2.14. The first-order valence-electron chi connectivity index (χ1n) is 8.14. The molecule has 0 aliphatic carbocycles. The summed E-state index contributed by atoms with van der Waals surface area (Å²) in [4.78, 5) is 0. The molecular formula is C16H35IS. The van der Waals surface area contributed by atoms with Gasteiger partial charge in [0.05, 0.1) is 0 Å². The summed E-state index contributed by atoms with van der Waals surface area (Å²) in [5.41, 5.74) is 0. The maximum absolute atomic E-state index is 2.77. The van der Waals surface area contributed by atoms with Crippen molar-refractivity contribution in [3.63, 3.8) is 0 Å². The summed E-state index contributed by atoms with van der Waals surface area (Å²) in [5, 5.41) is 0. The molecule has 0 bridgehead atoms. The van der Waals surface area contributed by atoms with Crippen LogP contribution in [0.4, 0.5) is 0 Å². The van der Waals surface area contributed by atoms with Crippen molar-refractivity contribution in [2.24, 2.45) is 0 Å². The van der Waals surface area contributed by atoms with Crippen LogP contribution in [0.25, 0.3) is 0 Å². The van der Waals surface area contributed by atoms with Crippen LogP contribution in [0.1, 0.15) is 85.0 Å². The van der Waals surface area contributed by atoms with Crippen molar-refractivity contribution in [1.82, 2.24) is 0 Å². The summed E-state index contributed by atoms with van der Waals surface area (Å²) in [5.74, 6) is 4.35. The normalized spacial score (nSPS) is 12.9. The van der Waals surface area contributed by atoms with Crippen molar-refractivity contribution in [1.29, 1.82) is 0 Å². The summed E-state index contributed by atoms with van der Waals surface area (Å²) >= 11 is 2.77. The second-order valence-electron chi connectivity index (χ2n) is 5.40. The predicted molar refractivity (Wildman–Crippen MR) is 99.4 cm³/mol. The van der Waals surface area contributed by atoms with Gasteiger partial charge in [-0.05, 0) is 44.9 Å². The van der Waals surface area contributed by atoms with Gasteiger partial charge in [0.15, 0.2) is 0 Å². The molecule has 0 aromatic carbocycles. The average Bonchev–Trinajstić information content (AvgIpc) is 2.40. The molecule has 0 spiro atoms. The number of unbranched alkanes of at least 4 members (excludes halogenated alkanes) is 9. The quantitative estimate of drug-likeness (QED) is 0.234. The zero-order valence-corrected chi connectivity index (χ0v) is 16.0. The van der Waals surface area contributed by atoms with Crippen LogP contribution in [-0.2, 0) is 0 Å². The maximum atomic E-state index is 2.77. The number of hydrogen-bond acceptors (Lipinski definition) is 0. The first-order chi connectivity index (χ1) is 8.68. The fraction of sp³-hybridized carbons (Fsp3) is 1.00. The predicted octanol–water partition coefficient (Wildman–Crippen LogP) is 7.10. The number of hydrogen-bond donors (Lipinski definition) is 0. The van der Waals surface area contributed by atoms with E-state index in [4.69, 9.17) is 0 Å². The average molecular weight is 386 g/mol. The molecule has 0 heterocycles. The minimum Gasteiger partial charge on any atom is -0.188 e. The van der Waals surface area contributed by atoms with Gasteiger partial charge in [-0.1, -0.05) is 78.6 Å². The SMILES string of the molecule is CCCCCCCCCCCCS(I)(CC)CC. The lowest BCUT2D eigenvalue weighted by Crippen LogP contribution is -2.03. The summed E-state index contributed by atoms with van der Waals surface area (Å²) in [6, 6.07) is 0. The van der Waals surface area contributed by atoms with Crippen LogP contribution in [0.15, 0.2) is 0 Å². The van der Waals surface area contributed by atoms with Gasteiger partial charge in [-0.15, -0.1) is 0 Å². The third-order valence-corrected chi connectivity index (χ3v) is 12.0. The molecule has 0 fully saturated rings. The van der Waals surface area contributed by atoms with E-state index in [1.807, 2.05) is 0 Å². The van der Waals surface area contributed by atoms with Crippen molar-refractivity contribution in [3.05, 3.63) is 0 Å². The second-order valence-corrected chi connectivity index (χ2v) is 14.5. The Morgan fingerprint density at radius 3 is 1.39 bits per heavy atom. The highest BCUT2D eigenvalue weighted by Crippen LogP contribution is 2.56. The Balaban J connectivity index is 3.21. The fourth-order valence-corrected chi connectivity index (χ4v) is 4.98. The highest BCUT2D eigenvalue weighted by molar-refractivity contribution is 14.2. The van der Waals surface area contributed by atoms with Crippen LogP contribution < -0.4 is 0 Å². The monoisotopic (exact) mass is 386 g/mol. The van der Waals surface area contributed by atoms with Gasteiger partial charge in [0.2, 0.25) is 0 Å². The minimum absolute atomic E-state index is 0.253. The van der Waals surface area contributed by atoms with Crippen LogP contribution in [0.2, 0.25) is 0 Å². The summed E-state index contributed by atoms with van der Waals surface area (Å²) in [7, 11) is -0.253. The van der Waals surface area contributed by atoms with Crippen LogP contribution >= 0.6 is 28.4 Å². The first kappa shape index (κ1) is 19.1. The van der Waals surface area contributed by atoms with Gasteiger partial charge in [-0.3, -0.25) is 0 Å². The minimum atomic E-state index is -0.253. The largest absolute Gasteiger partial charge is 0.188 e. The van der Waals surface area contributed by atoms with E-state index in [2.05, 4.69) is 42.0 Å². The molecule has 0 amide bonds. The van der Waals surface area contributed by atoms with E-state index in [-0.39, 0.29) is 7.20 Å². The molecule has 0 saturated carbocycles. The molecule has 112 valence electrons. The Hall–Kier alpha value is 1.08. The van der Waals surface area contributed by atoms with Crippen LogP contribution in [0.3, 0.4) is 0 Å². The maximum Gasteiger partial charge on any atom is -0.0144 e. The summed E-state index contributed by atoms with van der Waals surface area (Å²) in [6.07, 6.45) is 14.6. The molecule has 0 N–H and O–H groups in total. The van der Waals surface area contributed by atoms with Crippen molar-refractivity contribution >= 4 is 28.4 Å². The Kier molecular flexibility index (Phi) is 13.9. The van der Waals surface area contributed by atoms with E-state index in [1.165, 1.54) is 81.5 Å². The number of halogens is 1. The highest BCUT2D eigenvalue weighted by atomic mass is 127. The third kappa shape index (κ3) is 11.0. The molecule has 0 radical (unpaired) electrons. The van der Waals surface area contributed by atoms with Crippen LogP contribution in [-0.4, -0.2) is 17.3 Å². The lowest BCUT2D eigenvalue weighted by Gasteiger charge is -2.30. The lowest BCUT2D eigenvalue weighted by atomic mass is 10.1. The van der Waals surface area contributed by atoms with Crippen LogP contribution in [0, 0.1) is 0 Å². The van der Waals surface area contributed by atoms with Crippen molar-refractivity contribution < 1.29 is 0 Å². The molecule has 0 aliphatic heterocycles. The lowest BCUT2D eigenvalue weighted by molar-refractivity contribution is 0.563. The molecule has 0 saturated heterocycles. The Bertz CT molecular complexity index is 166. The zero-order chi connectivity index (χ0) is 13.7. The van der Waals surface area contributed by atoms with Gasteiger partial charge in [0.25, 0.3) is 0 Å². The molecule has 0 aromatic rings. The van der Waals surface area contributed by atoms with Gasteiger partial charge >= 0.3 is 0 Å². The number of rotatable bonds is 13. The second kappa shape index (κ2) is 13.1. The van der Waals surface area contributed by atoms with E-state index in [0.29, 0.717) is 0 Å². The third-order valence-electron chi connectivity index (χ3n) is 3.90. The molecule has 0 nitrogen and oxygen atoms in total. The summed E-state index contributed by atoms with van der Waals surface area (Å²) in [6.45, 7) is 7.05. The van der Waals surface area contributed by atoms with Crippen molar-refractivity contribution in [3.8, 4) is 0 Å². The summed E-state index contributed by atoms with van der Waals surface area (Å²) < 4.78 is 0. The van der Waals surface area contributed by atoms with Crippen molar-refractivity contribution in [2.75, 3.05) is 17.3 Å². The van der Waals surface area contributed by atoms with Gasteiger partial charge in [0, 0.05) is 0 Å². The van der Waals surface area contributed by atoms with E-state index < -0.39 is 0 Å². The molecule has 0 atom stereocenters. The molecule has 0 unspecified atom stereocenters. The Morgan fingerprint density at radius 2 is 1.00 bits per heavy atom. The van der Waals surface area contributed by atoms with Gasteiger partial charge < -0.3 is 0 Å². The van der Waals surface area contributed by atoms with Gasteiger partial charge in [-0.25, -0.2) is 0 Å². The molecule has 2 heteroatoms. The van der Waals surface area contributed by atoms with Crippen LogP contribution in [0.5, 0.6) is 0 Å². The Labute approximate surface area is 130 Å². The molecular weight excluding hydrogens is 351 g/mol. The fourth-order valence-electron chi connectivity index (χ4n) is 2.34. The Morgan fingerprint density at radius 1 is 0.611 bits per heavy atom. The topological polar surface area (TPSA) is 0 Å².